The van der Waals surface area contributed by atoms with E-state index in [9.17, 15) is 39.5 Å². The number of rotatable bonds is 4. The molecule has 0 unspecified atom stereocenters. The van der Waals surface area contributed by atoms with Gasteiger partial charge < -0.3 is 4.74 Å². The normalized spacial score (nSPS) is 14.8. The summed E-state index contributed by atoms with van der Waals surface area (Å²) in [6.07, 6.45) is -16.0. The Morgan fingerprint density at radius 1 is 0.867 bits per heavy atom. The molecule has 0 aliphatic heterocycles. The van der Waals surface area contributed by atoms with Crippen LogP contribution in [-0.4, -0.2) is 31.2 Å². The predicted octanol–water partition coefficient (Wildman–Crippen LogP) is 3.06. The number of hydrogen-bond acceptors (Lipinski definition) is 1. The first kappa shape index (κ1) is 14.3. The van der Waals surface area contributed by atoms with E-state index in [0.29, 0.717) is 0 Å². The fourth-order valence-corrected chi connectivity index (χ4v) is 0.332. The van der Waals surface area contributed by atoms with E-state index in [1.54, 1.807) is 0 Å². The molecule has 0 atom stereocenters. The molecular weight excluding hydrogens is 247 g/mol. The van der Waals surface area contributed by atoms with Gasteiger partial charge >= 0.3 is 24.6 Å². The van der Waals surface area contributed by atoms with Crippen LogP contribution in [0, 0.1) is 0 Å². The van der Waals surface area contributed by atoms with Crippen LogP contribution in [0.25, 0.3) is 0 Å². The number of ether oxygens (including phenoxy) is 1. The average molecular weight is 250 g/mol. The molecule has 0 N–H and O–H groups in total. The Kier molecular flexibility index (Phi) is 3.88. The number of hydrogen-bond donors (Lipinski definition) is 0. The highest BCUT2D eigenvalue weighted by Crippen LogP contribution is 2.37. The monoisotopic (exact) mass is 250 g/mol. The van der Waals surface area contributed by atoms with Crippen molar-refractivity contribution in [2.75, 3.05) is 6.61 Å². The molecule has 0 aromatic carbocycles. The van der Waals surface area contributed by atoms with Crippen LogP contribution in [0.2, 0.25) is 0 Å². The molecule has 92 valence electrons. The van der Waals surface area contributed by atoms with Crippen LogP contribution in [0.4, 0.5) is 39.5 Å². The molecule has 0 radical (unpaired) electrons. The largest absolute Gasteiger partial charge is 0.455 e. The van der Waals surface area contributed by atoms with E-state index >= 15 is 0 Å². The third-order valence-electron chi connectivity index (χ3n) is 1.11. The van der Waals surface area contributed by atoms with Crippen molar-refractivity contribution in [3.05, 3.63) is 0 Å². The second-order valence-electron chi connectivity index (χ2n) is 2.35. The summed E-state index contributed by atoms with van der Waals surface area (Å²) in [7, 11) is 0. The second-order valence-corrected chi connectivity index (χ2v) is 2.35. The predicted molar refractivity (Wildman–Crippen MR) is 27.9 cm³/mol. The van der Waals surface area contributed by atoms with Crippen molar-refractivity contribution in [2.45, 2.75) is 24.6 Å². The van der Waals surface area contributed by atoms with Crippen LogP contribution in [0.1, 0.15) is 0 Å². The summed E-state index contributed by atoms with van der Waals surface area (Å²) in [5, 5.41) is 0. The molecule has 0 bridgehead atoms. The van der Waals surface area contributed by atoms with E-state index in [-0.39, 0.29) is 0 Å². The smallest absolute Gasteiger partial charge is 0.309 e. The van der Waals surface area contributed by atoms with Crippen LogP contribution < -0.4 is 0 Å². The van der Waals surface area contributed by atoms with Gasteiger partial charge in [-0.3, -0.25) is 0 Å². The Bertz CT molecular complexity index is 207. The minimum absolute atomic E-state index is 2.53. The zero-order valence-corrected chi connectivity index (χ0v) is 6.59. The van der Waals surface area contributed by atoms with E-state index in [1.807, 2.05) is 0 Å². The average Bonchev–Trinajstić information content (AvgIpc) is 1.99. The van der Waals surface area contributed by atoms with Gasteiger partial charge in [-0.2, -0.15) is 30.7 Å². The maximum Gasteiger partial charge on any atom is 0.455 e. The summed E-state index contributed by atoms with van der Waals surface area (Å²) in [5.74, 6) is -5.61. The van der Waals surface area contributed by atoms with Crippen molar-refractivity contribution in [1.29, 1.82) is 0 Å². The summed E-state index contributed by atoms with van der Waals surface area (Å²) in [4.78, 5) is 0. The van der Waals surface area contributed by atoms with E-state index in [4.69, 9.17) is 0 Å². The lowest BCUT2D eigenvalue weighted by Gasteiger charge is -2.22. The van der Waals surface area contributed by atoms with Crippen molar-refractivity contribution in [2.24, 2.45) is 0 Å². The molecule has 0 fully saturated rings. The Balaban J connectivity index is 4.40. The highest BCUT2D eigenvalue weighted by molar-refractivity contribution is 4.76. The van der Waals surface area contributed by atoms with Crippen LogP contribution in [-0.2, 0) is 4.74 Å². The Morgan fingerprint density at radius 3 is 1.53 bits per heavy atom. The van der Waals surface area contributed by atoms with Crippen molar-refractivity contribution < 1.29 is 44.3 Å². The lowest BCUT2D eigenvalue weighted by atomic mass is 10.3. The second kappa shape index (κ2) is 4.06. The van der Waals surface area contributed by atoms with Gasteiger partial charge in [0, 0.05) is 0 Å². The van der Waals surface area contributed by atoms with Gasteiger partial charge in [0.1, 0.15) is 6.61 Å². The number of halogens is 9. The fourth-order valence-electron chi connectivity index (χ4n) is 0.332. The molecule has 10 heteroatoms. The molecule has 0 aromatic heterocycles. The Hall–Kier alpha value is -0.670. The Labute approximate surface area is 76.8 Å². The quantitative estimate of drug-likeness (QED) is 0.697. The first-order chi connectivity index (χ1) is 6.40. The van der Waals surface area contributed by atoms with E-state index in [2.05, 4.69) is 4.74 Å². The summed E-state index contributed by atoms with van der Waals surface area (Å²) >= 11 is 0. The summed E-state index contributed by atoms with van der Waals surface area (Å²) < 4.78 is 107. The standard InChI is InChI=1S/C5H3F9O/c6-2(7)4(10,11)15-1-3(8,9)5(12,13)14/h2H,1H2. The minimum atomic E-state index is -6.13. The highest BCUT2D eigenvalue weighted by atomic mass is 19.4. The molecular formula is C5H3F9O. The van der Waals surface area contributed by atoms with Gasteiger partial charge in [-0.05, 0) is 0 Å². The molecule has 0 aliphatic carbocycles. The van der Waals surface area contributed by atoms with Crippen LogP contribution in [0.3, 0.4) is 0 Å². The maximum absolute atomic E-state index is 11.9. The minimum Gasteiger partial charge on any atom is -0.309 e. The van der Waals surface area contributed by atoms with Gasteiger partial charge in [0.15, 0.2) is 0 Å². The van der Waals surface area contributed by atoms with Gasteiger partial charge in [0.25, 0.3) is 0 Å². The van der Waals surface area contributed by atoms with Crippen molar-refractivity contribution >= 4 is 0 Å². The molecule has 0 saturated heterocycles. The summed E-state index contributed by atoms with van der Waals surface area (Å²) in [5.41, 5.74) is 0. The first-order valence-electron chi connectivity index (χ1n) is 3.14. The first-order valence-corrected chi connectivity index (χ1v) is 3.14. The zero-order chi connectivity index (χ0) is 12.5. The van der Waals surface area contributed by atoms with Crippen molar-refractivity contribution in [3.8, 4) is 0 Å². The highest BCUT2D eigenvalue weighted by Gasteiger charge is 2.59. The molecule has 1 nitrogen and oxygen atoms in total. The summed E-state index contributed by atoms with van der Waals surface area (Å²) in [6.45, 7) is -2.87. The topological polar surface area (TPSA) is 9.23 Å². The third kappa shape index (κ3) is 3.76. The van der Waals surface area contributed by atoms with Gasteiger partial charge in [-0.15, -0.1) is 0 Å². The Morgan fingerprint density at radius 2 is 1.27 bits per heavy atom. The number of alkyl halides is 9. The molecule has 0 rings (SSSR count). The van der Waals surface area contributed by atoms with Crippen LogP contribution in [0.5, 0.6) is 0 Å². The third-order valence-corrected chi connectivity index (χ3v) is 1.11. The zero-order valence-electron chi connectivity index (χ0n) is 6.59. The molecule has 0 spiro atoms. The van der Waals surface area contributed by atoms with Gasteiger partial charge in [0.2, 0.25) is 0 Å². The van der Waals surface area contributed by atoms with Crippen molar-refractivity contribution in [1.82, 2.24) is 0 Å². The van der Waals surface area contributed by atoms with Crippen LogP contribution >= 0.6 is 0 Å². The molecule has 0 saturated carbocycles. The maximum atomic E-state index is 11.9. The summed E-state index contributed by atoms with van der Waals surface area (Å²) in [6, 6.07) is 0. The lowest BCUT2D eigenvalue weighted by molar-refractivity contribution is -0.354. The van der Waals surface area contributed by atoms with Gasteiger partial charge in [0.05, 0.1) is 0 Å². The van der Waals surface area contributed by atoms with E-state index in [0.717, 1.165) is 0 Å². The molecule has 0 aromatic rings. The van der Waals surface area contributed by atoms with Crippen LogP contribution in [0.15, 0.2) is 0 Å². The van der Waals surface area contributed by atoms with Gasteiger partial charge in [-0.25, -0.2) is 8.78 Å². The molecule has 15 heavy (non-hydrogen) atoms. The van der Waals surface area contributed by atoms with Gasteiger partial charge in [-0.1, -0.05) is 0 Å². The molecule has 0 aliphatic rings. The van der Waals surface area contributed by atoms with E-state index in [1.165, 1.54) is 0 Å². The lowest BCUT2D eigenvalue weighted by Crippen LogP contribution is -2.44. The van der Waals surface area contributed by atoms with E-state index < -0.39 is 31.2 Å². The fraction of sp³-hybridized carbons (Fsp3) is 1.00. The molecule has 0 heterocycles. The SMILES string of the molecule is FC(F)C(F)(F)OCC(F)(F)C(F)(F)F. The van der Waals surface area contributed by atoms with Crippen molar-refractivity contribution in [3.63, 3.8) is 0 Å². The molecule has 0 amide bonds.